The quantitative estimate of drug-likeness (QED) is 0.439. The first kappa shape index (κ1) is 22.1. The van der Waals surface area contributed by atoms with E-state index in [1.165, 1.54) is 17.6 Å². The van der Waals surface area contributed by atoms with Crippen molar-refractivity contribution in [3.63, 3.8) is 0 Å². The van der Waals surface area contributed by atoms with E-state index in [0.717, 1.165) is 24.8 Å². The Morgan fingerprint density at radius 1 is 1.12 bits per heavy atom. The van der Waals surface area contributed by atoms with Crippen molar-refractivity contribution >= 4 is 17.6 Å². The van der Waals surface area contributed by atoms with Crippen LogP contribution in [-0.2, 0) is 4.79 Å². The van der Waals surface area contributed by atoms with Crippen LogP contribution in [0.1, 0.15) is 30.4 Å². The van der Waals surface area contributed by atoms with E-state index in [1.807, 2.05) is 19.1 Å². The Morgan fingerprint density at radius 3 is 2.55 bits per heavy atom. The Bertz CT molecular complexity index is 1330. The van der Waals surface area contributed by atoms with E-state index >= 15 is 0 Å². The van der Waals surface area contributed by atoms with E-state index in [2.05, 4.69) is 4.98 Å². The van der Waals surface area contributed by atoms with Crippen molar-refractivity contribution in [2.45, 2.75) is 26.2 Å². The fourth-order valence-electron chi connectivity index (χ4n) is 3.85. The minimum atomic E-state index is -0.437. The molecule has 0 atom stereocenters. The van der Waals surface area contributed by atoms with Crippen molar-refractivity contribution in [1.82, 2.24) is 14.3 Å². The maximum absolute atomic E-state index is 13.4. The molecule has 0 spiro atoms. The van der Waals surface area contributed by atoms with Gasteiger partial charge in [-0.05, 0) is 56.0 Å². The summed E-state index contributed by atoms with van der Waals surface area (Å²) in [6, 6.07) is 12.5. The van der Waals surface area contributed by atoms with Crippen LogP contribution < -0.4 is 15.0 Å². The summed E-state index contributed by atoms with van der Waals surface area (Å²) < 4.78 is 12.8. The highest BCUT2D eigenvalue weighted by atomic mass is 16.5. The number of methoxy groups -OCH3 is 1. The van der Waals surface area contributed by atoms with Crippen LogP contribution in [0.25, 0.3) is 11.7 Å². The number of fused-ring (bicyclic) bond motifs is 1. The number of nitrogens with zero attached hydrogens (tertiary/aromatic N) is 4. The molecular weight excluding hydrogens is 420 g/mol. The molecule has 0 N–H and O–H groups in total. The van der Waals surface area contributed by atoms with Crippen LogP contribution in [0, 0.1) is 18.3 Å². The summed E-state index contributed by atoms with van der Waals surface area (Å²) in [7, 11) is 1.51. The van der Waals surface area contributed by atoms with E-state index in [4.69, 9.17) is 9.47 Å². The average Bonchev–Trinajstić information content (AvgIpc) is 2.85. The summed E-state index contributed by atoms with van der Waals surface area (Å²) in [5, 5.41) is 9.74. The lowest BCUT2D eigenvalue weighted by Gasteiger charge is -2.26. The minimum Gasteiger partial charge on any atom is -0.493 e. The fraction of sp³-hybridized carbons (Fsp3) is 0.280. The smallest absolute Gasteiger partial charge is 0.269 e. The third-order valence-corrected chi connectivity index (χ3v) is 5.61. The summed E-state index contributed by atoms with van der Waals surface area (Å²) in [6.07, 6.45) is 5.73. The van der Waals surface area contributed by atoms with Gasteiger partial charge in [0.2, 0.25) is 5.88 Å². The van der Waals surface area contributed by atoms with Crippen LogP contribution >= 0.6 is 0 Å². The number of ether oxygens (including phenoxy) is 2. The number of hydrogen-bond donors (Lipinski definition) is 0. The van der Waals surface area contributed by atoms with E-state index < -0.39 is 11.5 Å². The number of nitriles is 1. The first-order valence-electron chi connectivity index (χ1n) is 10.8. The molecule has 3 heterocycles. The summed E-state index contributed by atoms with van der Waals surface area (Å²) in [5.41, 5.74) is 0.650. The monoisotopic (exact) mass is 444 g/mol. The second-order valence-corrected chi connectivity index (χ2v) is 7.80. The summed E-state index contributed by atoms with van der Waals surface area (Å²) in [4.78, 5) is 32.6. The molecule has 1 amide bonds. The van der Waals surface area contributed by atoms with Crippen molar-refractivity contribution in [2.24, 2.45) is 0 Å². The number of carbonyl (C=O) groups excluding carboxylic acids is 1. The number of aromatic nitrogens is 2. The Morgan fingerprint density at radius 2 is 1.85 bits per heavy atom. The van der Waals surface area contributed by atoms with Crippen molar-refractivity contribution < 1.29 is 14.3 Å². The van der Waals surface area contributed by atoms with Gasteiger partial charge in [-0.3, -0.25) is 14.0 Å². The molecule has 1 saturated heterocycles. The molecule has 1 aromatic carbocycles. The van der Waals surface area contributed by atoms with Gasteiger partial charge < -0.3 is 14.4 Å². The molecule has 3 aromatic rings. The number of carbonyl (C=O) groups is 1. The molecule has 168 valence electrons. The summed E-state index contributed by atoms with van der Waals surface area (Å²) >= 11 is 0. The van der Waals surface area contributed by atoms with E-state index in [9.17, 15) is 14.9 Å². The lowest BCUT2D eigenvalue weighted by molar-refractivity contribution is -0.127. The number of amides is 1. The van der Waals surface area contributed by atoms with Crippen molar-refractivity contribution in [1.29, 1.82) is 5.26 Å². The Hall–Kier alpha value is -4.12. The average molecular weight is 444 g/mol. The van der Waals surface area contributed by atoms with Gasteiger partial charge >= 0.3 is 0 Å². The number of rotatable bonds is 5. The highest BCUT2D eigenvalue weighted by Crippen LogP contribution is 2.32. The molecule has 33 heavy (non-hydrogen) atoms. The summed E-state index contributed by atoms with van der Waals surface area (Å²) in [6.45, 7) is 3.03. The molecular formula is C25H24N4O4. The van der Waals surface area contributed by atoms with Crippen LogP contribution in [0.5, 0.6) is 17.4 Å². The van der Waals surface area contributed by atoms with Gasteiger partial charge in [-0.25, -0.2) is 0 Å². The molecule has 0 radical (unpaired) electrons. The lowest BCUT2D eigenvalue weighted by Crippen LogP contribution is -2.36. The van der Waals surface area contributed by atoms with Gasteiger partial charge in [-0.1, -0.05) is 18.2 Å². The molecule has 0 saturated carbocycles. The van der Waals surface area contributed by atoms with Gasteiger partial charge in [0, 0.05) is 19.3 Å². The van der Waals surface area contributed by atoms with Crippen LogP contribution in [-0.4, -0.2) is 40.4 Å². The molecule has 8 nitrogen and oxygen atoms in total. The van der Waals surface area contributed by atoms with Crippen molar-refractivity contribution in [2.75, 3.05) is 20.2 Å². The van der Waals surface area contributed by atoms with Crippen LogP contribution in [0.15, 0.2) is 53.0 Å². The topological polar surface area (TPSA) is 96.9 Å². The van der Waals surface area contributed by atoms with Gasteiger partial charge in [-0.2, -0.15) is 10.2 Å². The number of aryl methyl sites for hydroxylation is 1. The van der Waals surface area contributed by atoms with Crippen LogP contribution in [0.3, 0.4) is 0 Å². The molecule has 8 heteroatoms. The third-order valence-electron chi connectivity index (χ3n) is 5.61. The minimum absolute atomic E-state index is 0.00186. The van der Waals surface area contributed by atoms with Gasteiger partial charge in [0.05, 0.1) is 7.11 Å². The molecule has 0 bridgehead atoms. The first-order chi connectivity index (χ1) is 16.0. The SMILES string of the molecule is COc1ccccc1Oc1nc2c(C)cccn2c(=O)c1/C=C(\C#N)C(=O)N1CCCCC1. The maximum atomic E-state index is 13.4. The molecule has 1 fully saturated rings. The number of likely N-dealkylation sites (tertiary alicyclic amines) is 1. The van der Waals surface area contributed by atoms with Crippen molar-refractivity contribution in [3.05, 3.63) is 69.6 Å². The predicted octanol–water partition coefficient (Wildman–Crippen LogP) is 3.72. The standard InChI is InChI=1S/C25H24N4O4/c1-17-9-8-14-29-22(17)27-23(33-21-11-5-4-10-20(21)32-2)19(25(29)31)15-18(16-26)24(30)28-12-6-3-7-13-28/h4-5,8-11,14-15H,3,6-7,12-13H2,1-2H3/b18-15+. The number of para-hydroxylation sites is 2. The number of piperidine rings is 1. The Labute approximate surface area is 191 Å². The molecule has 0 aliphatic carbocycles. The lowest BCUT2D eigenvalue weighted by atomic mass is 10.1. The normalized spacial score (nSPS) is 14.1. The molecule has 2 aromatic heterocycles. The van der Waals surface area contributed by atoms with E-state index in [-0.39, 0.29) is 17.0 Å². The highest BCUT2D eigenvalue weighted by molar-refractivity contribution is 6.02. The zero-order chi connectivity index (χ0) is 23.4. The van der Waals surface area contributed by atoms with E-state index in [0.29, 0.717) is 30.2 Å². The van der Waals surface area contributed by atoms with Gasteiger partial charge in [0.1, 0.15) is 22.9 Å². The molecule has 1 aliphatic heterocycles. The largest absolute Gasteiger partial charge is 0.493 e. The Balaban J connectivity index is 1.88. The molecule has 1 aliphatic rings. The number of pyridine rings is 1. The molecule has 0 unspecified atom stereocenters. The summed E-state index contributed by atoms with van der Waals surface area (Å²) in [5.74, 6) is 0.427. The second kappa shape index (κ2) is 9.57. The Kier molecular flexibility index (Phi) is 6.41. The van der Waals surface area contributed by atoms with Crippen LogP contribution in [0.4, 0.5) is 0 Å². The van der Waals surface area contributed by atoms with Gasteiger partial charge in [0.15, 0.2) is 11.5 Å². The van der Waals surface area contributed by atoms with Gasteiger partial charge in [0.25, 0.3) is 11.5 Å². The molecule has 4 rings (SSSR count). The predicted molar refractivity (Wildman–Crippen MR) is 123 cm³/mol. The maximum Gasteiger partial charge on any atom is 0.269 e. The highest BCUT2D eigenvalue weighted by Gasteiger charge is 2.23. The third kappa shape index (κ3) is 4.44. The van der Waals surface area contributed by atoms with Crippen LogP contribution in [0.2, 0.25) is 0 Å². The zero-order valence-electron chi connectivity index (χ0n) is 18.6. The van der Waals surface area contributed by atoms with E-state index in [1.54, 1.807) is 41.4 Å². The fourth-order valence-corrected chi connectivity index (χ4v) is 3.85. The van der Waals surface area contributed by atoms with Gasteiger partial charge in [-0.15, -0.1) is 0 Å². The second-order valence-electron chi connectivity index (χ2n) is 7.80. The first-order valence-corrected chi connectivity index (χ1v) is 10.8. The van der Waals surface area contributed by atoms with Crippen molar-refractivity contribution in [3.8, 4) is 23.4 Å². The number of hydrogen-bond acceptors (Lipinski definition) is 6. The number of benzene rings is 1. The zero-order valence-corrected chi connectivity index (χ0v) is 18.6.